The maximum absolute atomic E-state index is 13.1. The van der Waals surface area contributed by atoms with Gasteiger partial charge in [-0.2, -0.15) is 13.2 Å². The van der Waals surface area contributed by atoms with Crippen molar-refractivity contribution >= 4 is 50.8 Å². The fraction of sp³-hybridized carbons (Fsp3) is 0.286. The summed E-state index contributed by atoms with van der Waals surface area (Å²) in [6.45, 7) is 1.67. The molecular formula is C21H20F3N3O2S2. The minimum atomic E-state index is -4.58. The van der Waals surface area contributed by atoms with Crippen LogP contribution in [-0.2, 0) is 21.5 Å². The number of amides is 2. The molecule has 2 aromatic carbocycles. The van der Waals surface area contributed by atoms with Gasteiger partial charge in [0.25, 0.3) is 0 Å². The molecule has 0 aliphatic carbocycles. The number of alkyl halides is 3. The molecule has 3 aromatic rings. The number of aromatic nitrogens is 1. The van der Waals surface area contributed by atoms with Crippen LogP contribution in [-0.4, -0.2) is 40.5 Å². The second kappa shape index (κ2) is 10.1. The molecule has 1 N–H and O–H groups in total. The second-order valence-electron chi connectivity index (χ2n) is 6.57. The van der Waals surface area contributed by atoms with E-state index in [1.165, 1.54) is 34.9 Å². The van der Waals surface area contributed by atoms with E-state index >= 15 is 0 Å². The summed E-state index contributed by atoms with van der Waals surface area (Å²) in [5.41, 5.74) is -0.335. The maximum Gasteiger partial charge on any atom is 0.418 e. The van der Waals surface area contributed by atoms with Gasteiger partial charge in [-0.25, -0.2) is 4.98 Å². The minimum Gasteiger partial charge on any atom is -0.333 e. The van der Waals surface area contributed by atoms with Crippen LogP contribution in [0.1, 0.15) is 17.5 Å². The summed E-state index contributed by atoms with van der Waals surface area (Å²) in [5.74, 6) is -0.222. The third kappa shape index (κ3) is 6.20. The van der Waals surface area contributed by atoms with E-state index in [2.05, 4.69) is 10.3 Å². The van der Waals surface area contributed by atoms with Crippen LogP contribution in [0.5, 0.6) is 0 Å². The highest BCUT2D eigenvalue weighted by Crippen LogP contribution is 2.34. The van der Waals surface area contributed by atoms with Gasteiger partial charge in [0, 0.05) is 12.3 Å². The lowest BCUT2D eigenvalue weighted by Gasteiger charge is -2.21. The van der Waals surface area contributed by atoms with E-state index in [0.29, 0.717) is 5.75 Å². The van der Waals surface area contributed by atoms with Gasteiger partial charge in [0.15, 0.2) is 0 Å². The van der Waals surface area contributed by atoms with E-state index in [-0.39, 0.29) is 30.4 Å². The molecule has 31 heavy (non-hydrogen) atoms. The Morgan fingerprint density at radius 3 is 2.55 bits per heavy atom. The van der Waals surface area contributed by atoms with Crippen LogP contribution in [0.4, 0.5) is 18.9 Å². The van der Waals surface area contributed by atoms with Crippen molar-refractivity contribution < 1.29 is 22.8 Å². The summed E-state index contributed by atoms with van der Waals surface area (Å²) in [4.78, 5) is 30.6. The Kier molecular flexibility index (Phi) is 7.55. The molecular weight excluding hydrogens is 447 g/mol. The molecule has 10 heteroatoms. The molecule has 3 rings (SSSR count). The first-order valence-corrected chi connectivity index (χ1v) is 11.4. The van der Waals surface area contributed by atoms with E-state index in [1.807, 2.05) is 24.3 Å². The molecule has 0 aliphatic heterocycles. The molecule has 0 aliphatic rings. The van der Waals surface area contributed by atoms with E-state index in [0.717, 1.165) is 21.3 Å². The zero-order valence-corrected chi connectivity index (χ0v) is 18.2. The Labute approximate surface area is 185 Å². The number of thiazole rings is 1. The molecule has 0 saturated heterocycles. The van der Waals surface area contributed by atoms with Crippen LogP contribution in [0.2, 0.25) is 0 Å². The van der Waals surface area contributed by atoms with Crippen molar-refractivity contribution in [2.75, 3.05) is 24.2 Å². The summed E-state index contributed by atoms with van der Waals surface area (Å²) < 4.78 is 40.3. The number of thioether (sulfide) groups is 1. The van der Waals surface area contributed by atoms with Crippen molar-refractivity contribution in [2.24, 2.45) is 0 Å². The lowest BCUT2D eigenvalue weighted by Crippen LogP contribution is -2.39. The third-order valence-corrected chi connectivity index (χ3v) is 6.51. The number of nitrogens with zero attached hydrogens (tertiary/aromatic N) is 2. The Balaban J connectivity index is 1.53. The molecule has 0 fully saturated rings. The van der Waals surface area contributed by atoms with Gasteiger partial charge < -0.3 is 10.2 Å². The number of rotatable bonds is 8. The molecule has 0 atom stereocenters. The minimum absolute atomic E-state index is 0.149. The first kappa shape index (κ1) is 23.1. The zero-order valence-electron chi connectivity index (χ0n) is 16.6. The third-order valence-electron chi connectivity index (χ3n) is 4.36. The summed E-state index contributed by atoms with van der Waals surface area (Å²) in [6.07, 6.45) is -4.58. The zero-order chi connectivity index (χ0) is 22.4. The van der Waals surface area contributed by atoms with Crippen LogP contribution >= 0.6 is 23.1 Å². The number of halogens is 3. The normalized spacial score (nSPS) is 11.5. The Morgan fingerprint density at radius 1 is 1.13 bits per heavy atom. The molecule has 0 bridgehead atoms. The summed E-state index contributed by atoms with van der Waals surface area (Å²) >= 11 is 2.95. The monoisotopic (exact) mass is 467 g/mol. The molecule has 1 heterocycles. The highest BCUT2D eigenvalue weighted by Gasteiger charge is 2.33. The van der Waals surface area contributed by atoms with Crippen LogP contribution in [0.15, 0.2) is 48.5 Å². The van der Waals surface area contributed by atoms with Crippen molar-refractivity contribution in [3.05, 3.63) is 59.1 Å². The highest BCUT2D eigenvalue weighted by atomic mass is 32.2. The average Bonchev–Trinajstić information content (AvgIpc) is 3.14. The highest BCUT2D eigenvalue weighted by molar-refractivity contribution is 7.99. The van der Waals surface area contributed by atoms with Crippen LogP contribution in [0.25, 0.3) is 10.2 Å². The topological polar surface area (TPSA) is 62.3 Å². The molecule has 2 amide bonds. The Hall–Kier alpha value is -2.59. The van der Waals surface area contributed by atoms with Gasteiger partial charge in [0.05, 0.1) is 33.8 Å². The number of anilines is 1. The van der Waals surface area contributed by atoms with Crippen molar-refractivity contribution in [3.63, 3.8) is 0 Å². The van der Waals surface area contributed by atoms with Crippen molar-refractivity contribution in [3.8, 4) is 0 Å². The molecule has 0 saturated carbocycles. The molecule has 5 nitrogen and oxygen atoms in total. The Bertz CT molecular complexity index is 1040. The van der Waals surface area contributed by atoms with Gasteiger partial charge in [-0.3, -0.25) is 9.59 Å². The van der Waals surface area contributed by atoms with E-state index in [1.54, 1.807) is 18.3 Å². The number of para-hydroxylation sites is 2. The van der Waals surface area contributed by atoms with Gasteiger partial charge in [0.2, 0.25) is 11.8 Å². The van der Waals surface area contributed by atoms with Gasteiger partial charge in [-0.05, 0) is 31.2 Å². The first-order valence-electron chi connectivity index (χ1n) is 9.44. The van der Waals surface area contributed by atoms with Gasteiger partial charge in [0.1, 0.15) is 5.01 Å². The number of benzene rings is 2. The van der Waals surface area contributed by atoms with Gasteiger partial charge >= 0.3 is 6.18 Å². The molecule has 0 radical (unpaired) electrons. The maximum atomic E-state index is 13.1. The number of carbonyl (C=O) groups is 2. The van der Waals surface area contributed by atoms with Crippen molar-refractivity contribution in [1.82, 2.24) is 9.88 Å². The molecule has 0 spiro atoms. The number of fused-ring (bicyclic) bond motifs is 1. The van der Waals surface area contributed by atoms with E-state index < -0.39 is 17.6 Å². The number of hydrogen-bond acceptors (Lipinski definition) is 5. The first-order chi connectivity index (χ1) is 14.8. The number of hydrogen-bond donors (Lipinski definition) is 1. The summed E-state index contributed by atoms with van der Waals surface area (Å²) in [7, 11) is 0. The SMILES string of the molecule is CCN(CC(=O)Nc1ccccc1C(F)(F)F)C(=O)CSCc1nc2ccccc2s1. The van der Waals surface area contributed by atoms with Crippen molar-refractivity contribution in [2.45, 2.75) is 18.9 Å². The number of likely N-dealkylation sites (N-methyl/N-ethyl adjacent to an activating group) is 1. The standard InChI is InChI=1S/C21H20F3N3O2S2/c1-2-27(11-18(28)25-15-8-4-3-7-14(15)21(22,23)24)20(29)13-30-12-19-26-16-9-5-6-10-17(16)31-19/h3-10H,2,11-13H2,1H3,(H,25,28). The van der Waals surface area contributed by atoms with E-state index in [9.17, 15) is 22.8 Å². The lowest BCUT2D eigenvalue weighted by atomic mass is 10.1. The van der Waals surface area contributed by atoms with E-state index in [4.69, 9.17) is 0 Å². The summed E-state index contributed by atoms with van der Waals surface area (Å²) in [6, 6.07) is 12.5. The van der Waals surface area contributed by atoms with Crippen LogP contribution in [0, 0.1) is 0 Å². The van der Waals surface area contributed by atoms with Crippen LogP contribution < -0.4 is 5.32 Å². The second-order valence-corrected chi connectivity index (χ2v) is 8.67. The Morgan fingerprint density at radius 2 is 1.84 bits per heavy atom. The van der Waals surface area contributed by atoms with Crippen molar-refractivity contribution in [1.29, 1.82) is 0 Å². The summed E-state index contributed by atoms with van der Waals surface area (Å²) in [5, 5.41) is 3.17. The van der Waals surface area contributed by atoms with Gasteiger partial charge in [-0.1, -0.05) is 24.3 Å². The lowest BCUT2D eigenvalue weighted by molar-refractivity contribution is -0.137. The average molecular weight is 468 g/mol. The quantitative estimate of drug-likeness (QED) is 0.505. The largest absolute Gasteiger partial charge is 0.418 e. The molecule has 164 valence electrons. The smallest absolute Gasteiger partial charge is 0.333 e. The predicted molar refractivity (Wildman–Crippen MR) is 118 cm³/mol. The predicted octanol–water partition coefficient (Wildman–Crippen LogP) is 5.04. The fourth-order valence-corrected chi connectivity index (χ4v) is 4.82. The number of nitrogens with one attached hydrogen (secondary N) is 1. The fourth-order valence-electron chi connectivity index (χ4n) is 2.88. The van der Waals surface area contributed by atoms with Crippen LogP contribution in [0.3, 0.4) is 0 Å². The molecule has 0 unspecified atom stereocenters. The molecule has 1 aromatic heterocycles. The van der Waals surface area contributed by atoms with Gasteiger partial charge in [-0.15, -0.1) is 23.1 Å². The number of carbonyl (C=O) groups excluding carboxylic acids is 2.